The van der Waals surface area contributed by atoms with Gasteiger partial charge in [0.25, 0.3) is 5.91 Å². The Bertz CT molecular complexity index is 735. The molecule has 0 unspecified atom stereocenters. The van der Waals surface area contributed by atoms with Crippen LogP contribution in [0.3, 0.4) is 0 Å². The van der Waals surface area contributed by atoms with Crippen molar-refractivity contribution in [2.24, 2.45) is 0 Å². The lowest BCUT2D eigenvalue weighted by atomic mass is 10.1. The average molecular weight is 371 g/mol. The number of carbonyl (C=O) groups excluding carboxylic acids is 1. The molecule has 6 nitrogen and oxygen atoms in total. The van der Waals surface area contributed by atoms with E-state index in [9.17, 15) is 4.79 Å². The molecule has 2 aromatic rings. The molecule has 1 aliphatic heterocycles. The van der Waals surface area contributed by atoms with Crippen LogP contribution in [-0.2, 0) is 22.4 Å². The van der Waals surface area contributed by atoms with Crippen LogP contribution in [0.1, 0.15) is 35.4 Å². The normalized spacial score (nSPS) is 13.9. The largest absolute Gasteiger partial charge is 0.383 e. The summed E-state index contributed by atoms with van der Waals surface area (Å²) in [5.74, 6) is 0.867. The second kappa shape index (κ2) is 9.67. The van der Waals surface area contributed by atoms with E-state index in [0.29, 0.717) is 32.0 Å². The average Bonchev–Trinajstić information content (AvgIpc) is 2.89. The van der Waals surface area contributed by atoms with Crippen molar-refractivity contribution in [2.75, 3.05) is 40.5 Å². The molecule has 6 heteroatoms. The van der Waals surface area contributed by atoms with Crippen LogP contribution in [0.5, 0.6) is 0 Å². The Morgan fingerprint density at radius 1 is 1.07 bits per heavy atom. The molecule has 1 aliphatic rings. The molecule has 1 amide bonds. The fourth-order valence-corrected chi connectivity index (χ4v) is 3.57. The number of amides is 1. The summed E-state index contributed by atoms with van der Waals surface area (Å²) in [6.07, 6.45) is 4.29. The van der Waals surface area contributed by atoms with E-state index in [2.05, 4.69) is 16.7 Å². The number of benzene rings is 1. The van der Waals surface area contributed by atoms with Gasteiger partial charge in [-0.3, -0.25) is 4.79 Å². The smallest absolute Gasteiger partial charge is 0.274 e. The van der Waals surface area contributed by atoms with Crippen LogP contribution in [-0.4, -0.2) is 60.9 Å². The fourth-order valence-electron chi connectivity index (χ4n) is 3.57. The third-order valence-electron chi connectivity index (χ3n) is 5.02. The summed E-state index contributed by atoms with van der Waals surface area (Å²) in [7, 11) is 3.30. The number of rotatable bonds is 8. The Balaban J connectivity index is 1.98. The maximum Gasteiger partial charge on any atom is 0.274 e. The number of hydrogen-bond acceptors (Lipinski definition) is 4. The quantitative estimate of drug-likeness (QED) is 0.716. The van der Waals surface area contributed by atoms with Crippen LogP contribution in [0.25, 0.3) is 11.4 Å². The highest BCUT2D eigenvalue weighted by molar-refractivity contribution is 5.94. The van der Waals surface area contributed by atoms with Crippen LogP contribution in [0.15, 0.2) is 30.3 Å². The molecule has 2 heterocycles. The molecule has 0 aliphatic carbocycles. The highest BCUT2D eigenvalue weighted by Crippen LogP contribution is 2.27. The maximum atomic E-state index is 13.3. The molecule has 0 radical (unpaired) electrons. The summed E-state index contributed by atoms with van der Waals surface area (Å²) in [4.78, 5) is 19.9. The van der Waals surface area contributed by atoms with Gasteiger partial charge in [-0.1, -0.05) is 36.8 Å². The number of nitrogens with zero attached hydrogens (tertiary/aromatic N) is 3. The molecule has 0 spiro atoms. The molecule has 0 saturated heterocycles. The highest BCUT2D eigenvalue weighted by Gasteiger charge is 2.27. The van der Waals surface area contributed by atoms with E-state index >= 15 is 0 Å². The topological polar surface area (TPSA) is 56.6 Å². The number of carbonyl (C=O) groups is 1. The summed E-state index contributed by atoms with van der Waals surface area (Å²) in [6.45, 7) is 2.97. The van der Waals surface area contributed by atoms with Gasteiger partial charge in [0.2, 0.25) is 0 Å². The summed E-state index contributed by atoms with van der Waals surface area (Å²) >= 11 is 0. The minimum absolute atomic E-state index is 0.0306. The zero-order valence-electron chi connectivity index (χ0n) is 16.3. The lowest BCUT2D eigenvalue weighted by molar-refractivity contribution is 0.0621. The molecule has 1 aromatic heterocycles. The van der Waals surface area contributed by atoms with Gasteiger partial charge in [0.15, 0.2) is 0 Å². The van der Waals surface area contributed by atoms with Crippen molar-refractivity contribution in [1.29, 1.82) is 0 Å². The second-order valence-corrected chi connectivity index (χ2v) is 6.84. The van der Waals surface area contributed by atoms with Crippen LogP contribution >= 0.6 is 0 Å². The lowest BCUT2D eigenvalue weighted by Crippen LogP contribution is -2.37. The lowest BCUT2D eigenvalue weighted by Gasteiger charge is -2.21. The van der Waals surface area contributed by atoms with Crippen molar-refractivity contribution < 1.29 is 14.3 Å². The van der Waals surface area contributed by atoms with Crippen LogP contribution < -0.4 is 0 Å². The van der Waals surface area contributed by atoms with E-state index in [-0.39, 0.29) is 5.91 Å². The number of ether oxygens (including phenoxy) is 2. The van der Waals surface area contributed by atoms with Gasteiger partial charge in [-0.05, 0) is 19.3 Å². The Labute approximate surface area is 161 Å². The van der Waals surface area contributed by atoms with E-state index in [1.54, 1.807) is 19.1 Å². The standard InChI is InChI=1S/C21H29N3O3/c1-26-15-13-23(14-16-27-2)21(25)19-18-11-7-4-8-12-24(18)20(22-19)17-9-5-3-6-10-17/h3,5-6,9-10H,4,7-8,11-16H2,1-2H3. The molecule has 0 fully saturated rings. The van der Waals surface area contributed by atoms with Crippen LogP contribution in [0.2, 0.25) is 0 Å². The van der Waals surface area contributed by atoms with Crippen molar-refractivity contribution in [3.05, 3.63) is 41.7 Å². The first-order chi connectivity index (χ1) is 13.3. The molecule has 3 rings (SSSR count). The van der Waals surface area contributed by atoms with E-state index in [4.69, 9.17) is 14.5 Å². The second-order valence-electron chi connectivity index (χ2n) is 6.84. The molecule has 0 saturated carbocycles. The molecule has 0 N–H and O–H groups in total. The Hall–Kier alpha value is -2.18. The van der Waals surface area contributed by atoms with Crippen molar-refractivity contribution in [1.82, 2.24) is 14.5 Å². The molecular formula is C21H29N3O3. The zero-order valence-corrected chi connectivity index (χ0v) is 16.3. The molecule has 0 bridgehead atoms. The Kier molecular flexibility index (Phi) is 7.01. The zero-order chi connectivity index (χ0) is 19.1. The van der Waals surface area contributed by atoms with Gasteiger partial charge in [-0.15, -0.1) is 0 Å². The Morgan fingerprint density at radius 3 is 2.44 bits per heavy atom. The summed E-state index contributed by atoms with van der Waals surface area (Å²) in [5, 5.41) is 0. The first-order valence-corrected chi connectivity index (χ1v) is 9.68. The van der Waals surface area contributed by atoms with E-state index < -0.39 is 0 Å². The predicted octanol–water partition coefficient (Wildman–Crippen LogP) is 3.01. The molecule has 1 aromatic carbocycles. The van der Waals surface area contributed by atoms with E-state index in [1.807, 2.05) is 18.2 Å². The van der Waals surface area contributed by atoms with Gasteiger partial charge < -0.3 is 18.9 Å². The first-order valence-electron chi connectivity index (χ1n) is 9.68. The van der Waals surface area contributed by atoms with Gasteiger partial charge >= 0.3 is 0 Å². The predicted molar refractivity (Wildman–Crippen MR) is 105 cm³/mol. The number of imidazole rings is 1. The van der Waals surface area contributed by atoms with Gasteiger partial charge in [0.05, 0.1) is 18.9 Å². The maximum absolute atomic E-state index is 13.3. The summed E-state index contributed by atoms with van der Waals surface area (Å²) in [6, 6.07) is 10.1. The minimum atomic E-state index is -0.0306. The number of aromatic nitrogens is 2. The third kappa shape index (κ3) is 4.57. The monoisotopic (exact) mass is 371 g/mol. The van der Waals surface area contributed by atoms with Crippen molar-refractivity contribution in [3.8, 4) is 11.4 Å². The molecular weight excluding hydrogens is 342 g/mol. The van der Waals surface area contributed by atoms with Crippen molar-refractivity contribution in [3.63, 3.8) is 0 Å². The highest BCUT2D eigenvalue weighted by atomic mass is 16.5. The van der Waals surface area contributed by atoms with E-state index in [0.717, 1.165) is 42.9 Å². The summed E-state index contributed by atoms with van der Waals surface area (Å²) in [5.41, 5.74) is 2.71. The van der Waals surface area contributed by atoms with Gasteiger partial charge in [-0.2, -0.15) is 0 Å². The Morgan fingerprint density at radius 2 is 1.78 bits per heavy atom. The minimum Gasteiger partial charge on any atom is -0.383 e. The third-order valence-corrected chi connectivity index (χ3v) is 5.02. The van der Waals surface area contributed by atoms with Gasteiger partial charge in [0.1, 0.15) is 11.5 Å². The molecule has 0 atom stereocenters. The van der Waals surface area contributed by atoms with Crippen molar-refractivity contribution >= 4 is 5.91 Å². The van der Waals surface area contributed by atoms with Crippen molar-refractivity contribution in [2.45, 2.75) is 32.2 Å². The first kappa shape index (κ1) is 19.6. The molecule has 146 valence electrons. The van der Waals surface area contributed by atoms with Crippen LogP contribution in [0.4, 0.5) is 0 Å². The van der Waals surface area contributed by atoms with Gasteiger partial charge in [-0.25, -0.2) is 4.98 Å². The fraction of sp³-hybridized carbons (Fsp3) is 0.524. The number of hydrogen-bond donors (Lipinski definition) is 0. The van der Waals surface area contributed by atoms with Crippen LogP contribution in [0, 0.1) is 0 Å². The number of methoxy groups -OCH3 is 2. The van der Waals surface area contributed by atoms with E-state index in [1.165, 1.54) is 6.42 Å². The van der Waals surface area contributed by atoms with Gasteiger partial charge in [0, 0.05) is 39.4 Å². The SMILES string of the molecule is COCCN(CCOC)C(=O)c1nc(-c2ccccc2)n2c1CCCCC2. The summed E-state index contributed by atoms with van der Waals surface area (Å²) < 4.78 is 12.6. The molecule has 27 heavy (non-hydrogen) atoms. The number of fused-ring (bicyclic) bond motifs is 1.